The fraction of sp³-hybridized carbons (Fsp3) is 0.933. The van der Waals surface area contributed by atoms with Crippen LogP contribution < -0.4 is 0 Å². The summed E-state index contributed by atoms with van der Waals surface area (Å²) in [6.07, 6.45) is 8.64. The van der Waals surface area contributed by atoms with Gasteiger partial charge in [-0.2, -0.15) is 0 Å². The van der Waals surface area contributed by atoms with Crippen molar-refractivity contribution in [3.63, 3.8) is 0 Å². The van der Waals surface area contributed by atoms with Crippen LogP contribution in [-0.4, -0.2) is 44.3 Å². The van der Waals surface area contributed by atoms with Gasteiger partial charge in [0.25, 0.3) is 0 Å². The highest BCUT2D eigenvalue weighted by Gasteiger charge is 2.70. The predicted molar refractivity (Wildman–Crippen MR) is 137 cm³/mol. The summed E-state index contributed by atoms with van der Waals surface area (Å²) in [5.74, 6) is 1.74. The summed E-state index contributed by atoms with van der Waals surface area (Å²) >= 11 is 0. The first-order valence-electron chi connectivity index (χ1n) is 14.0. The second kappa shape index (κ2) is 8.30. The van der Waals surface area contributed by atoms with Crippen LogP contribution in [0.2, 0.25) is 0 Å². The van der Waals surface area contributed by atoms with Crippen molar-refractivity contribution in [2.24, 2.45) is 45.3 Å². The molecule has 4 nitrogen and oxygen atoms in total. The molecule has 0 unspecified atom stereocenters. The van der Waals surface area contributed by atoms with Gasteiger partial charge in [-0.15, -0.1) is 0 Å². The fourth-order valence-electron chi connectivity index (χ4n) is 9.64. The zero-order valence-electron chi connectivity index (χ0n) is 23.1. The normalized spacial score (nSPS) is 47.8. The molecule has 4 aliphatic carbocycles. The first-order chi connectivity index (χ1) is 15.5. The van der Waals surface area contributed by atoms with Crippen LogP contribution in [0, 0.1) is 45.3 Å². The molecule has 0 heterocycles. The van der Waals surface area contributed by atoms with Crippen molar-refractivity contribution < 1.29 is 20.4 Å². The zero-order valence-corrected chi connectivity index (χ0v) is 23.1. The van der Waals surface area contributed by atoms with Crippen molar-refractivity contribution in [2.75, 3.05) is 0 Å². The molecule has 3 fully saturated rings. The lowest BCUT2D eigenvalue weighted by molar-refractivity contribution is -0.204. The lowest BCUT2D eigenvalue weighted by Gasteiger charge is -2.67. The highest BCUT2D eigenvalue weighted by molar-refractivity contribution is 5.31. The molecule has 0 aromatic rings. The van der Waals surface area contributed by atoms with Crippen LogP contribution in [0.1, 0.15) is 107 Å². The Morgan fingerprint density at radius 1 is 0.971 bits per heavy atom. The quantitative estimate of drug-likeness (QED) is 0.397. The van der Waals surface area contributed by atoms with E-state index in [1.807, 2.05) is 0 Å². The van der Waals surface area contributed by atoms with E-state index in [4.69, 9.17) is 0 Å². The Labute approximate surface area is 208 Å². The third-order valence-electron chi connectivity index (χ3n) is 12.4. The third-order valence-corrected chi connectivity index (χ3v) is 12.4. The molecule has 0 amide bonds. The van der Waals surface area contributed by atoms with Gasteiger partial charge in [-0.05, 0) is 99.7 Å². The molecular formula is C30H52O4. The minimum absolute atomic E-state index is 0.0603. The Kier molecular flexibility index (Phi) is 6.50. The van der Waals surface area contributed by atoms with Crippen molar-refractivity contribution in [3.05, 3.63) is 11.6 Å². The second-order valence-electron chi connectivity index (χ2n) is 14.6. The molecular weight excluding hydrogens is 424 g/mol. The first kappa shape index (κ1) is 26.6. The van der Waals surface area contributed by atoms with E-state index in [9.17, 15) is 20.4 Å². The molecule has 4 aliphatic rings. The maximum Gasteiger partial charge on any atom is 0.0849 e. The summed E-state index contributed by atoms with van der Waals surface area (Å²) in [6.45, 7) is 17.4. The van der Waals surface area contributed by atoms with E-state index in [0.717, 1.165) is 32.1 Å². The summed E-state index contributed by atoms with van der Waals surface area (Å²) in [4.78, 5) is 0. The number of aliphatic hydroxyl groups excluding tert-OH is 3. The van der Waals surface area contributed by atoms with Gasteiger partial charge in [0.05, 0.1) is 23.9 Å². The number of allylic oxidation sites excluding steroid dienone is 1. The van der Waals surface area contributed by atoms with Crippen LogP contribution in [0.3, 0.4) is 0 Å². The van der Waals surface area contributed by atoms with Gasteiger partial charge in [0.15, 0.2) is 0 Å². The van der Waals surface area contributed by atoms with Crippen LogP contribution >= 0.6 is 0 Å². The Morgan fingerprint density at radius 2 is 1.62 bits per heavy atom. The number of hydrogen-bond donors (Lipinski definition) is 4. The fourth-order valence-corrected chi connectivity index (χ4v) is 9.64. The van der Waals surface area contributed by atoms with Crippen molar-refractivity contribution in [1.82, 2.24) is 0 Å². The number of hydrogen-bond acceptors (Lipinski definition) is 4. The van der Waals surface area contributed by atoms with E-state index in [1.54, 1.807) is 13.8 Å². The third kappa shape index (κ3) is 3.60. The Morgan fingerprint density at radius 3 is 2.24 bits per heavy atom. The molecule has 0 aromatic carbocycles. The van der Waals surface area contributed by atoms with Gasteiger partial charge in [-0.3, -0.25) is 0 Å². The summed E-state index contributed by atoms with van der Waals surface area (Å²) in [5, 5.41) is 43.3. The topological polar surface area (TPSA) is 80.9 Å². The average molecular weight is 477 g/mol. The van der Waals surface area contributed by atoms with Crippen LogP contribution in [0.5, 0.6) is 0 Å². The molecule has 0 bridgehead atoms. The monoisotopic (exact) mass is 476 g/mol. The Hall–Kier alpha value is -0.420. The smallest absolute Gasteiger partial charge is 0.0849 e. The zero-order chi connectivity index (χ0) is 25.5. The Bertz CT molecular complexity index is 811. The maximum atomic E-state index is 11.9. The van der Waals surface area contributed by atoms with Gasteiger partial charge < -0.3 is 20.4 Å². The summed E-state index contributed by atoms with van der Waals surface area (Å²) in [7, 11) is 0. The van der Waals surface area contributed by atoms with E-state index in [1.165, 1.54) is 18.4 Å². The van der Waals surface area contributed by atoms with Crippen molar-refractivity contribution in [1.29, 1.82) is 0 Å². The van der Waals surface area contributed by atoms with E-state index in [-0.39, 0.29) is 33.9 Å². The molecule has 0 radical (unpaired) electrons. The van der Waals surface area contributed by atoms with Crippen molar-refractivity contribution in [2.45, 2.75) is 131 Å². The second-order valence-corrected chi connectivity index (χ2v) is 14.6. The lowest BCUT2D eigenvalue weighted by Crippen LogP contribution is -2.64. The van der Waals surface area contributed by atoms with Gasteiger partial charge >= 0.3 is 0 Å². The number of aliphatic hydroxyl groups is 4. The molecule has 3 saturated carbocycles. The molecule has 4 N–H and O–H groups in total. The van der Waals surface area contributed by atoms with Crippen LogP contribution in [0.25, 0.3) is 0 Å². The predicted octanol–water partition coefficient (Wildman–Crippen LogP) is 5.47. The molecule has 196 valence electrons. The molecule has 4 rings (SSSR count). The highest BCUT2D eigenvalue weighted by atomic mass is 16.3. The van der Waals surface area contributed by atoms with Gasteiger partial charge in [-0.25, -0.2) is 0 Å². The first-order valence-corrected chi connectivity index (χ1v) is 14.0. The summed E-state index contributed by atoms with van der Waals surface area (Å²) < 4.78 is 0. The summed E-state index contributed by atoms with van der Waals surface area (Å²) in [5.41, 5.74) is 0.184. The van der Waals surface area contributed by atoms with Gasteiger partial charge in [0.1, 0.15) is 0 Å². The summed E-state index contributed by atoms with van der Waals surface area (Å²) in [6, 6.07) is 0. The van der Waals surface area contributed by atoms with Crippen LogP contribution in [-0.2, 0) is 0 Å². The number of rotatable bonds is 5. The van der Waals surface area contributed by atoms with Crippen molar-refractivity contribution in [3.8, 4) is 0 Å². The molecule has 0 spiro atoms. The lowest BCUT2D eigenvalue weighted by atomic mass is 9.38. The number of fused-ring (bicyclic) bond motifs is 5. The van der Waals surface area contributed by atoms with E-state index >= 15 is 0 Å². The minimum atomic E-state index is -1.07. The standard InChI is InChI=1S/C30H52O4/c1-18(9-13-24(32)27(4,5)34)19-15-16-28(6)22-12-10-20-21(11-14-23(31)26(20,2)3)30(22,8)25(33)17-29(19,28)7/h10,18-19,21-25,31-34H,9,11-17H2,1-8H3/t18-,19-,21-,22+,23-,24-,25-,28+,29-,30+/m1/s1. The molecule has 10 atom stereocenters. The van der Waals surface area contributed by atoms with Gasteiger partial charge in [-0.1, -0.05) is 53.2 Å². The molecule has 0 aromatic heterocycles. The maximum absolute atomic E-state index is 11.9. The molecule has 0 saturated heterocycles. The minimum Gasteiger partial charge on any atom is -0.393 e. The van der Waals surface area contributed by atoms with Gasteiger partial charge in [0, 0.05) is 10.8 Å². The van der Waals surface area contributed by atoms with Crippen LogP contribution in [0.15, 0.2) is 11.6 Å². The van der Waals surface area contributed by atoms with Crippen molar-refractivity contribution >= 4 is 0 Å². The molecule has 4 heteroatoms. The molecule has 34 heavy (non-hydrogen) atoms. The average Bonchev–Trinajstić information content (AvgIpc) is 2.99. The van der Waals surface area contributed by atoms with E-state index in [0.29, 0.717) is 30.1 Å². The highest BCUT2D eigenvalue weighted by Crippen LogP contribution is 2.74. The molecule has 0 aliphatic heterocycles. The Balaban J connectivity index is 1.63. The van der Waals surface area contributed by atoms with E-state index in [2.05, 4.69) is 47.6 Å². The van der Waals surface area contributed by atoms with Gasteiger partial charge in [0.2, 0.25) is 0 Å². The SMILES string of the molecule is C[C@H](CC[C@@H](O)C(C)(C)O)[C@H]1CC[C@@]2(C)[C@@H]3CC=C4[C@@H](CC[C@@H](O)C4(C)C)[C@]3(C)[C@H](O)C[C@]12C. The largest absolute Gasteiger partial charge is 0.393 e. The van der Waals surface area contributed by atoms with E-state index < -0.39 is 11.7 Å². The van der Waals surface area contributed by atoms with Crippen LogP contribution in [0.4, 0.5) is 0 Å².